The molecule has 0 aromatic heterocycles. The third-order valence-electron chi connectivity index (χ3n) is 1.77. The Hall–Kier alpha value is -0.160. The van der Waals surface area contributed by atoms with Crippen LogP contribution in [0, 0.1) is 0 Å². The number of nitrogens with zero attached hydrogens (tertiary/aromatic N) is 1. The molecule has 2 unspecified atom stereocenters. The Labute approximate surface area is 53.3 Å². The summed E-state index contributed by atoms with van der Waals surface area (Å²) in [5.41, 5.74) is -1.44. The summed E-state index contributed by atoms with van der Waals surface area (Å²) in [6.45, 7) is 1.71. The van der Waals surface area contributed by atoms with Gasteiger partial charge in [0.25, 0.3) is 0 Å². The Morgan fingerprint density at radius 1 is 1.67 bits per heavy atom. The highest BCUT2D eigenvalue weighted by molar-refractivity contribution is 4.85. The van der Waals surface area contributed by atoms with E-state index in [1.807, 2.05) is 0 Å². The number of aliphatic hydroxyl groups is 2. The van der Waals surface area contributed by atoms with Crippen LogP contribution in [-0.2, 0) is 0 Å². The first-order valence-corrected chi connectivity index (χ1v) is 2.92. The molecule has 0 spiro atoms. The van der Waals surface area contributed by atoms with Crippen LogP contribution in [0.1, 0.15) is 13.3 Å². The summed E-state index contributed by atoms with van der Waals surface area (Å²) >= 11 is 0. The van der Waals surface area contributed by atoms with Crippen molar-refractivity contribution in [1.29, 1.82) is 0 Å². The van der Waals surface area contributed by atoms with Crippen LogP contribution < -0.4 is 0 Å². The number of hydrogen-bond acceptors (Lipinski definition) is 4. The zero-order chi connectivity index (χ0) is 7.07. The molecule has 4 nitrogen and oxygen atoms in total. The second-order valence-electron chi connectivity index (χ2n) is 2.52. The molecular formula is C5H11NO3. The lowest BCUT2D eigenvalue weighted by Gasteiger charge is -2.26. The van der Waals surface area contributed by atoms with Crippen molar-refractivity contribution in [2.45, 2.75) is 25.2 Å². The lowest BCUT2D eigenvalue weighted by Crippen LogP contribution is -2.45. The van der Waals surface area contributed by atoms with Gasteiger partial charge in [0.2, 0.25) is 0 Å². The lowest BCUT2D eigenvalue weighted by molar-refractivity contribution is -0.252. The second kappa shape index (κ2) is 1.91. The zero-order valence-corrected chi connectivity index (χ0v) is 5.28. The smallest absolute Gasteiger partial charge is 0.163 e. The molecule has 4 heteroatoms. The first-order valence-electron chi connectivity index (χ1n) is 2.92. The molecular weight excluding hydrogens is 122 g/mol. The van der Waals surface area contributed by atoms with E-state index in [0.717, 1.165) is 5.06 Å². The molecule has 54 valence electrons. The van der Waals surface area contributed by atoms with E-state index in [0.29, 0.717) is 13.0 Å². The van der Waals surface area contributed by atoms with E-state index < -0.39 is 11.8 Å². The second-order valence-corrected chi connectivity index (χ2v) is 2.52. The quantitative estimate of drug-likeness (QED) is 0.403. The summed E-state index contributed by atoms with van der Waals surface area (Å²) in [6.07, 6.45) is -0.411. The monoisotopic (exact) mass is 133 g/mol. The number of hydrogen-bond donors (Lipinski definition) is 3. The molecule has 0 aliphatic carbocycles. The van der Waals surface area contributed by atoms with Crippen molar-refractivity contribution in [3.63, 3.8) is 0 Å². The molecule has 0 aromatic rings. The van der Waals surface area contributed by atoms with Gasteiger partial charge >= 0.3 is 0 Å². The van der Waals surface area contributed by atoms with Crippen LogP contribution in [0.25, 0.3) is 0 Å². The van der Waals surface area contributed by atoms with E-state index in [4.69, 9.17) is 15.4 Å². The van der Waals surface area contributed by atoms with Crippen molar-refractivity contribution >= 4 is 0 Å². The predicted molar refractivity (Wildman–Crippen MR) is 29.7 cm³/mol. The van der Waals surface area contributed by atoms with Crippen molar-refractivity contribution < 1.29 is 15.4 Å². The zero-order valence-electron chi connectivity index (χ0n) is 5.28. The minimum atomic E-state index is -1.44. The molecule has 0 bridgehead atoms. The topological polar surface area (TPSA) is 63.9 Å². The fraction of sp³-hybridized carbons (Fsp3) is 1.00. The van der Waals surface area contributed by atoms with Crippen molar-refractivity contribution in [2.24, 2.45) is 0 Å². The van der Waals surface area contributed by atoms with Gasteiger partial charge in [-0.05, 0) is 13.3 Å². The van der Waals surface area contributed by atoms with Gasteiger partial charge in [-0.1, -0.05) is 0 Å². The van der Waals surface area contributed by atoms with E-state index in [1.165, 1.54) is 6.92 Å². The summed E-state index contributed by atoms with van der Waals surface area (Å²) in [5.74, 6) is 0. The number of rotatable bonds is 0. The third kappa shape index (κ3) is 0.943. The number of hydroxylamine groups is 2. The Balaban J connectivity index is 2.66. The highest BCUT2D eigenvalue weighted by Crippen LogP contribution is 2.23. The molecule has 1 fully saturated rings. The Morgan fingerprint density at radius 2 is 2.22 bits per heavy atom. The molecule has 1 aliphatic rings. The molecule has 1 rings (SSSR count). The van der Waals surface area contributed by atoms with Gasteiger partial charge in [0.15, 0.2) is 5.72 Å². The van der Waals surface area contributed by atoms with Gasteiger partial charge in [-0.3, -0.25) is 0 Å². The van der Waals surface area contributed by atoms with E-state index in [9.17, 15) is 0 Å². The highest BCUT2D eigenvalue weighted by atomic mass is 16.6. The first-order chi connectivity index (χ1) is 4.05. The standard InChI is InChI=1S/C5H11NO3/c1-5(8)4(7)2-3-6(5)9/h4,7-9H,2-3H2,1H3. The minimum Gasteiger partial charge on any atom is -0.389 e. The molecule has 0 amide bonds. The SMILES string of the molecule is CC1(O)C(O)CCN1O. The van der Waals surface area contributed by atoms with Crippen LogP contribution in [0.15, 0.2) is 0 Å². The summed E-state index contributed by atoms with van der Waals surface area (Å²) in [6, 6.07) is 0. The first kappa shape index (κ1) is 6.95. The van der Waals surface area contributed by atoms with E-state index in [-0.39, 0.29) is 0 Å². The van der Waals surface area contributed by atoms with E-state index in [2.05, 4.69) is 0 Å². The average Bonchev–Trinajstić information content (AvgIpc) is 1.96. The predicted octanol–water partition coefficient (Wildman–Crippen LogP) is -0.849. The molecule has 2 atom stereocenters. The van der Waals surface area contributed by atoms with Gasteiger partial charge in [0.1, 0.15) is 0 Å². The average molecular weight is 133 g/mol. The largest absolute Gasteiger partial charge is 0.389 e. The van der Waals surface area contributed by atoms with Crippen LogP contribution in [0.5, 0.6) is 0 Å². The summed E-state index contributed by atoms with van der Waals surface area (Å²) < 4.78 is 0. The van der Waals surface area contributed by atoms with Gasteiger partial charge in [0, 0.05) is 6.54 Å². The molecule has 1 aliphatic heterocycles. The van der Waals surface area contributed by atoms with Crippen molar-refractivity contribution in [2.75, 3.05) is 6.54 Å². The van der Waals surface area contributed by atoms with E-state index >= 15 is 0 Å². The molecule has 1 saturated heterocycles. The Morgan fingerprint density at radius 3 is 2.33 bits per heavy atom. The van der Waals surface area contributed by atoms with Crippen LogP contribution in [0.2, 0.25) is 0 Å². The lowest BCUT2D eigenvalue weighted by atomic mass is 10.1. The van der Waals surface area contributed by atoms with Crippen LogP contribution in [-0.4, -0.2) is 38.9 Å². The van der Waals surface area contributed by atoms with Gasteiger partial charge in [-0.15, -0.1) is 0 Å². The maximum absolute atomic E-state index is 9.16. The van der Waals surface area contributed by atoms with Crippen LogP contribution in [0.3, 0.4) is 0 Å². The van der Waals surface area contributed by atoms with Gasteiger partial charge < -0.3 is 15.4 Å². The molecule has 0 radical (unpaired) electrons. The normalized spacial score (nSPS) is 46.0. The molecule has 9 heavy (non-hydrogen) atoms. The van der Waals surface area contributed by atoms with Crippen LogP contribution >= 0.6 is 0 Å². The van der Waals surface area contributed by atoms with Gasteiger partial charge in [-0.2, -0.15) is 5.06 Å². The summed E-state index contributed by atoms with van der Waals surface area (Å²) in [5, 5.41) is 27.7. The van der Waals surface area contributed by atoms with Crippen molar-refractivity contribution in [3.8, 4) is 0 Å². The van der Waals surface area contributed by atoms with E-state index in [1.54, 1.807) is 0 Å². The molecule has 0 aromatic carbocycles. The maximum atomic E-state index is 9.16. The molecule has 0 saturated carbocycles. The minimum absolute atomic E-state index is 0.328. The fourth-order valence-corrected chi connectivity index (χ4v) is 0.916. The maximum Gasteiger partial charge on any atom is 0.163 e. The fourth-order valence-electron chi connectivity index (χ4n) is 0.916. The highest BCUT2D eigenvalue weighted by Gasteiger charge is 2.41. The van der Waals surface area contributed by atoms with Gasteiger partial charge in [0.05, 0.1) is 6.10 Å². The molecule has 3 N–H and O–H groups in total. The van der Waals surface area contributed by atoms with Crippen molar-refractivity contribution in [1.82, 2.24) is 5.06 Å². The van der Waals surface area contributed by atoms with Gasteiger partial charge in [-0.25, -0.2) is 0 Å². The Kier molecular flexibility index (Phi) is 1.48. The summed E-state index contributed by atoms with van der Waals surface area (Å²) in [7, 11) is 0. The van der Waals surface area contributed by atoms with Crippen molar-refractivity contribution in [3.05, 3.63) is 0 Å². The number of aliphatic hydroxyl groups excluding tert-OH is 1. The Bertz CT molecular complexity index is 103. The molecule has 1 heterocycles. The summed E-state index contributed by atoms with van der Waals surface area (Å²) in [4.78, 5) is 0. The van der Waals surface area contributed by atoms with Crippen LogP contribution in [0.4, 0.5) is 0 Å². The third-order valence-corrected chi connectivity index (χ3v) is 1.77.